The van der Waals surface area contributed by atoms with Gasteiger partial charge in [0, 0.05) is 26.2 Å². The minimum Gasteiger partial charge on any atom is -0.506 e. The van der Waals surface area contributed by atoms with Crippen LogP contribution < -0.4 is 10.2 Å². The number of hydrogen-bond donors (Lipinski definition) is 2. The molecule has 1 aliphatic rings. The Morgan fingerprint density at radius 2 is 1.73 bits per heavy atom. The average Bonchev–Trinajstić information content (AvgIpc) is 2.68. The molecule has 26 heavy (non-hydrogen) atoms. The lowest BCUT2D eigenvalue weighted by atomic mass is 10.2. The number of nitrogens with one attached hydrogen (secondary N) is 1. The molecule has 0 radical (unpaired) electrons. The third-order valence-corrected chi connectivity index (χ3v) is 4.72. The number of nitrogens with zero attached hydrogens (tertiary/aromatic N) is 2. The Hall–Kier alpha value is -2.80. The fourth-order valence-electron chi connectivity index (χ4n) is 2.96. The van der Waals surface area contributed by atoms with Crippen molar-refractivity contribution in [1.29, 1.82) is 0 Å². The van der Waals surface area contributed by atoms with Crippen LogP contribution in [0.15, 0.2) is 48.5 Å². The standard InChI is InChI=1S/C19H21N3O3S/c1-25-18(24)14-6-2-3-7-15(14)20-19(26)22-12-10-21(11-13-22)16-8-4-5-9-17(16)23/h2-9,23H,10-13H2,1H3,(H,20,26). The molecule has 0 atom stereocenters. The fourth-order valence-corrected chi connectivity index (χ4v) is 3.25. The predicted molar refractivity (Wildman–Crippen MR) is 106 cm³/mol. The summed E-state index contributed by atoms with van der Waals surface area (Å²) < 4.78 is 4.81. The maximum Gasteiger partial charge on any atom is 0.339 e. The molecule has 3 rings (SSSR count). The molecule has 0 aromatic heterocycles. The molecule has 1 saturated heterocycles. The van der Waals surface area contributed by atoms with E-state index in [1.807, 2.05) is 24.3 Å². The second-order valence-corrected chi connectivity index (χ2v) is 6.32. The highest BCUT2D eigenvalue weighted by Gasteiger charge is 2.21. The number of thiocarbonyl (C=S) groups is 1. The lowest BCUT2D eigenvalue weighted by molar-refractivity contribution is 0.0602. The van der Waals surface area contributed by atoms with Gasteiger partial charge in [-0.05, 0) is 36.5 Å². The number of hydrogen-bond acceptors (Lipinski definition) is 5. The highest BCUT2D eigenvalue weighted by Crippen LogP contribution is 2.27. The molecule has 136 valence electrons. The Kier molecular flexibility index (Phi) is 5.58. The van der Waals surface area contributed by atoms with Gasteiger partial charge in [0.15, 0.2) is 5.11 Å². The first-order chi connectivity index (χ1) is 12.6. The molecule has 0 spiro atoms. The number of methoxy groups -OCH3 is 1. The monoisotopic (exact) mass is 371 g/mol. The summed E-state index contributed by atoms with van der Waals surface area (Å²) in [6, 6.07) is 14.5. The maximum absolute atomic E-state index is 11.9. The normalized spacial score (nSPS) is 14.0. The van der Waals surface area contributed by atoms with Crippen LogP contribution in [0.25, 0.3) is 0 Å². The summed E-state index contributed by atoms with van der Waals surface area (Å²) >= 11 is 5.51. The first-order valence-corrected chi connectivity index (χ1v) is 8.77. The van der Waals surface area contributed by atoms with Gasteiger partial charge in [-0.15, -0.1) is 0 Å². The minimum absolute atomic E-state index is 0.286. The van der Waals surface area contributed by atoms with Crippen LogP contribution in [0.3, 0.4) is 0 Å². The minimum atomic E-state index is -0.403. The van der Waals surface area contributed by atoms with E-state index in [4.69, 9.17) is 17.0 Å². The van der Waals surface area contributed by atoms with Crippen molar-refractivity contribution in [2.24, 2.45) is 0 Å². The van der Waals surface area contributed by atoms with Gasteiger partial charge >= 0.3 is 5.97 Å². The third-order valence-electron chi connectivity index (χ3n) is 4.36. The molecule has 0 amide bonds. The molecule has 2 aromatic carbocycles. The Labute approximate surface area is 158 Å². The summed E-state index contributed by atoms with van der Waals surface area (Å²) in [5.74, 6) is -0.117. The van der Waals surface area contributed by atoms with Gasteiger partial charge in [-0.3, -0.25) is 0 Å². The molecular formula is C19H21N3O3S. The predicted octanol–water partition coefficient (Wildman–Crippen LogP) is 2.70. The Balaban J connectivity index is 1.63. The lowest BCUT2D eigenvalue weighted by Crippen LogP contribution is -2.50. The van der Waals surface area contributed by atoms with Crippen molar-refractivity contribution < 1.29 is 14.6 Å². The zero-order chi connectivity index (χ0) is 18.5. The summed E-state index contributed by atoms with van der Waals surface area (Å²) in [4.78, 5) is 16.1. The van der Waals surface area contributed by atoms with Crippen LogP contribution in [0, 0.1) is 0 Å². The third kappa shape index (κ3) is 3.88. The van der Waals surface area contributed by atoms with E-state index < -0.39 is 5.97 Å². The molecule has 7 heteroatoms. The molecule has 0 aliphatic carbocycles. The molecule has 0 saturated carbocycles. The first kappa shape index (κ1) is 18.0. The van der Waals surface area contributed by atoms with Gasteiger partial charge in [0.05, 0.1) is 24.0 Å². The Morgan fingerprint density at radius 3 is 2.42 bits per heavy atom. The largest absolute Gasteiger partial charge is 0.506 e. The average molecular weight is 371 g/mol. The highest BCUT2D eigenvalue weighted by molar-refractivity contribution is 7.80. The number of benzene rings is 2. The molecule has 1 aliphatic heterocycles. The van der Waals surface area contributed by atoms with Gasteiger partial charge < -0.3 is 25.0 Å². The van der Waals surface area contributed by atoms with Crippen molar-refractivity contribution in [2.45, 2.75) is 0 Å². The van der Waals surface area contributed by atoms with Crippen LogP contribution in [0.4, 0.5) is 11.4 Å². The number of carbonyl (C=O) groups excluding carboxylic acids is 1. The second kappa shape index (κ2) is 8.05. The van der Waals surface area contributed by atoms with Gasteiger partial charge in [0.2, 0.25) is 0 Å². The zero-order valence-electron chi connectivity index (χ0n) is 14.5. The summed E-state index contributed by atoms with van der Waals surface area (Å²) in [5.41, 5.74) is 1.92. The maximum atomic E-state index is 11.9. The van der Waals surface area contributed by atoms with Crippen molar-refractivity contribution >= 4 is 34.7 Å². The number of piperazine rings is 1. The van der Waals surface area contributed by atoms with Gasteiger partial charge in [-0.2, -0.15) is 0 Å². The number of para-hydroxylation sites is 3. The van der Waals surface area contributed by atoms with E-state index in [2.05, 4.69) is 15.1 Å². The quantitative estimate of drug-likeness (QED) is 0.635. The molecule has 1 fully saturated rings. The van der Waals surface area contributed by atoms with Gasteiger partial charge in [-0.25, -0.2) is 4.79 Å². The molecule has 6 nitrogen and oxygen atoms in total. The molecule has 2 N–H and O–H groups in total. The van der Waals surface area contributed by atoms with E-state index in [0.29, 0.717) is 16.4 Å². The van der Waals surface area contributed by atoms with Crippen molar-refractivity contribution in [1.82, 2.24) is 4.90 Å². The van der Waals surface area contributed by atoms with Crippen LogP contribution in [0.5, 0.6) is 5.75 Å². The van der Waals surface area contributed by atoms with Crippen LogP contribution in [-0.2, 0) is 4.74 Å². The van der Waals surface area contributed by atoms with Crippen LogP contribution in [0.2, 0.25) is 0 Å². The SMILES string of the molecule is COC(=O)c1ccccc1NC(=S)N1CCN(c2ccccc2O)CC1. The van der Waals surface area contributed by atoms with Crippen LogP contribution in [0.1, 0.15) is 10.4 Å². The second-order valence-electron chi connectivity index (χ2n) is 5.93. The first-order valence-electron chi connectivity index (χ1n) is 8.36. The molecule has 2 aromatic rings. The number of ether oxygens (including phenoxy) is 1. The van der Waals surface area contributed by atoms with E-state index in [1.165, 1.54) is 7.11 Å². The van der Waals surface area contributed by atoms with E-state index in [0.717, 1.165) is 31.9 Å². The van der Waals surface area contributed by atoms with E-state index in [-0.39, 0.29) is 5.75 Å². The number of carbonyl (C=O) groups is 1. The number of anilines is 2. The number of phenols is 1. The van der Waals surface area contributed by atoms with Crippen molar-refractivity contribution in [3.05, 3.63) is 54.1 Å². The fraction of sp³-hybridized carbons (Fsp3) is 0.263. The summed E-state index contributed by atoms with van der Waals surface area (Å²) in [5, 5.41) is 13.7. The van der Waals surface area contributed by atoms with Crippen LogP contribution in [-0.4, -0.2) is 54.4 Å². The van der Waals surface area contributed by atoms with E-state index >= 15 is 0 Å². The number of phenolic OH excluding ortho intramolecular Hbond substituents is 1. The Bertz CT molecular complexity index is 804. The summed E-state index contributed by atoms with van der Waals surface area (Å²) in [7, 11) is 1.36. The van der Waals surface area contributed by atoms with E-state index in [9.17, 15) is 9.90 Å². The van der Waals surface area contributed by atoms with Crippen molar-refractivity contribution in [2.75, 3.05) is 43.5 Å². The lowest BCUT2D eigenvalue weighted by Gasteiger charge is -2.37. The summed E-state index contributed by atoms with van der Waals surface area (Å²) in [6.07, 6.45) is 0. The van der Waals surface area contributed by atoms with Gasteiger partial charge in [-0.1, -0.05) is 24.3 Å². The molecular weight excluding hydrogens is 350 g/mol. The molecule has 0 bridgehead atoms. The Morgan fingerprint density at radius 1 is 1.08 bits per heavy atom. The van der Waals surface area contributed by atoms with Crippen LogP contribution >= 0.6 is 12.2 Å². The summed E-state index contributed by atoms with van der Waals surface area (Å²) in [6.45, 7) is 2.94. The highest BCUT2D eigenvalue weighted by atomic mass is 32.1. The molecule has 1 heterocycles. The van der Waals surface area contributed by atoms with Gasteiger partial charge in [0.25, 0.3) is 0 Å². The smallest absolute Gasteiger partial charge is 0.339 e. The number of aromatic hydroxyl groups is 1. The molecule has 0 unspecified atom stereocenters. The van der Waals surface area contributed by atoms with Crippen molar-refractivity contribution in [3.63, 3.8) is 0 Å². The van der Waals surface area contributed by atoms with E-state index in [1.54, 1.807) is 24.3 Å². The number of esters is 1. The number of rotatable bonds is 3. The van der Waals surface area contributed by atoms with Gasteiger partial charge in [0.1, 0.15) is 5.75 Å². The van der Waals surface area contributed by atoms with Crippen molar-refractivity contribution in [3.8, 4) is 5.75 Å². The zero-order valence-corrected chi connectivity index (χ0v) is 15.3. The topological polar surface area (TPSA) is 65.0 Å².